The van der Waals surface area contributed by atoms with Crippen LogP contribution >= 0.6 is 0 Å². The van der Waals surface area contributed by atoms with Crippen LogP contribution in [0.3, 0.4) is 0 Å². The lowest BCUT2D eigenvalue weighted by Gasteiger charge is -2.41. The van der Waals surface area contributed by atoms with Crippen LogP contribution in [-0.2, 0) is 36.3 Å². The van der Waals surface area contributed by atoms with E-state index in [0.717, 1.165) is 20.2 Å². The van der Waals surface area contributed by atoms with E-state index in [1.54, 1.807) is 12.1 Å². The third-order valence-corrected chi connectivity index (χ3v) is 9.65. The van der Waals surface area contributed by atoms with Crippen molar-refractivity contribution in [1.82, 2.24) is 0 Å². The molecule has 1 aliphatic rings. The van der Waals surface area contributed by atoms with Gasteiger partial charge in [-0.1, -0.05) is 32.0 Å². The summed E-state index contributed by atoms with van der Waals surface area (Å²) >= 11 is 0. The van der Waals surface area contributed by atoms with Crippen molar-refractivity contribution in [1.29, 1.82) is 0 Å². The first-order valence-electron chi connectivity index (χ1n) is 12.6. The maximum absolute atomic E-state index is 13.7. The Morgan fingerprint density at radius 3 is 1.93 bits per heavy atom. The fraction of sp³-hybridized carbons (Fsp3) is 0.379. The number of benzene rings is 3. The van der Waals surface area contributed by atoms with Crippen LogP contribution in [0.1, 0.15) is 32.8 Å². The largest absolute Gasteiger partial charge is 0.493 e. The van der Waals surface area contributed by atoms with Gasteiger partial charge in [-0.05, 0) is 67.6 Å². The number of hydrogen-bond donors (Lipinski definition) is 1. The van der Waals surface area contributed by atoms with Crippen LogP contribution in [0.4, 0.5) is 13.2 Å². The van der Waals surface area contributed by atoms with Gasteiger partial charge in [-0.25, -0.2) is 4.39 Å². The average molecular weight is 598 g/mol. The molecule has 0 radical (unpaired) electrons. The highest BCUT2D eigenvalue weighted by Crippen LogP contribution is 2.38. The molecule has 0 aliphatic carbocycles. The minimum atomic E-state index is -5.86. The molecule has 0 bridgehead atoms. The minimum absolute atomic E-state index is 0.0478. The molecule has 216 valence electrons. The highest BCUT2D eigenvalue weighted by molar-refractivity contribution is 7.97. The summed E-state index contributed by atoms with van der Waals surface area (Å²) in [5.74, 6) is -0.525. The van der Waals surface area contributed by atoms with Crippen molar-refractivity contribution in [2.24, 2.45) is 5.41 Å². The predicted molar refractivity (Wildman–Crippen MR) is 146 cm³/mol. The number of alkyl halides is 3. The molecule has 0 amide bonds. The molecule has 0 saturated carbocycles. The van der Waals surface area contributed by atoms with Crippen molar-refractivity contribution >= 4 is 21.0 Å². The van der Waals surface area contributed by atoms with Crippen LogP contribution in [-0.4, -0.2) is 44.2 Å². The fourth-order valence-electron chi connectivity index (χ4n) is 4.06. The number of ether oxygens (including phenoxy) is 3. The number of halogens is 3. The standard InChI is InChI=1S/C29H31F3O6S2/c1-27(2)19-37-28(3,38-20-27)21-9-13-24(14-10-21)39(23-7-5-4-6-8-23)25-15-11-22(12-16-25)36-18-17-26(30)29(31,32)40(33,34)35/h4-16,26H,17-20H2,1-3H3/p+1. The second-order valence-electron chi connectivity index (χ2n) is 10.4. The van der Waals surface area contributed by atoms with Gasteiger partial charge in [0.2, 0.25) is 0 Å². The van der Waals surface area contributed by atoms with E-state index in [4.69, 9.17) is 18.8 Å². The second-order valence-corrected chi connectivity index (χ2v) is 14.0. The average Bonchev–Trinajstić information content (AvgIpc) is 2.92. The Labute approximate surface area is 235 Å². The Bertz CT molecular complexity index is 1370. The van der Waals surface area contributed by atoms with Gasteiger partial charge in [-0.3, -0.25) is 4.55 Å². The summed E-state index contributed by atoms with van der Waals surface area (Å²) in [7, 11) is -6.35. The monoisotopic (exact) mass is 597 g/mol. The topological polar surface area (TPSA) is 82.1 Å². The number of hydrogen-bond acceptors (Lipinski definition) is 5. The van der Waals surface area contributed by atoms with E-state index in [1.807, 2.05) is 73.7 Å². The van der Waals surface area contributed by atoms with Gasteiger partial charge in [0.25, 0.3) is 0 Å². The van der Waals surface area contributed by atoms with Crippen LogP contribution in [0.15, 0.2) is 93.5 Å². The van der Waals surface area contributed by atoms with E-state index in [9.17, 15) is 21.6 Å². The zero-order valence-electron chi connectivity index (χ0n) is 22.4. The molecule has 4 rings (SSSR count). The molecule has 0 aromatic heterocycles. The molecule has 3 aromatic carbocycles. The first-order chi connectivity index (χ1) is 18.7. The van der Waals surface area contributed by atoms with E-state index in [2.05, 4.69) is 13.8 Å². The molecular formula is C29H32F3O6S2+. The lowest BCUT2D eigenvalue weighted by atomic mass is 9.94. The summed E-state index contributed by atoms with van der Waals surface area (Å²) in [6.07, 6.45) is -4.02. The van der Waals surface area contributed by atoms with Crippen molar-refractivity contribution in [2.45, 2.75) is 59.1 Å². The first-order valence-corrected chi connectivity index (χ1v) is 15.3. The summed E-state index contributed by atoms with van der Waals surface area (Å²) < 4.78 is 88.1. The normalized spacial score (nSPS) is 18.6. The second kappa shape index (κ2) is 11.7. The zero-order valence-corrected chi connectivity index (χ0v) is 24.0. The van der Waals surface area contributed by atoms with Gasteiger partial charge in [-0.15, -0.1) is 0 Å². The molecule has 6 nitrogen and oxygen atoms in total. The molecule has 1 aliphatic heterocycles. The van der Waals surface area contributed by atoms with E-state index in [-0.39, 0.29) is 5.41 Å². The summed E-state index contributed by atoms with van der Waals surface area (Å²) in [5.41, 5.74) is 0.867. The molecule has 3 aromatic rings. The molecule has 40 heavy (non-hydrogen) atoms. The molecule has 2 unspecified atom stereocenters. The third-order valence-electron chi connectivity index (χ3n) is 6.48. The Morgan fingerprint density at radius 1 is 0.900 bits per heavy atom. The van der Waals surface area contributed by atoms with Gasteiger partial charge in [-0.2, -0.15) is 17.2 Å². The summed E-state index contributed by atoms with van der Waals surface area (Å²) in [4.78, 5) is 3.09. The molecular weight excluding hydrogens is 565 g/mol. The Balaban J connectivity index is 1.50. The molecule has 1 fully saturated rings. The highest BCUT2D eigenvalue weighted by atomic mass is 32.2. The Hall–Kier alpha value is -2.57. The lowest BCUT2D eigenvalue weighted by Crippen LogP contribution is -2.43. The molecule has 1 saturated heterocycles. The minimum Gasteiger partial charge on any atom is -0.493 e. The van der Waals surface area contributed by atoms with Crippen molar-refractivity contribution < 1.29 is 40.4 Å². The molecule has 11 heteroatoms. The van der Waals surface area contributed by atoms with Gasteiger partial charge < -0.3 is 14.2 Å². The zero-order chi connectivity index (χ0) is 29.2. The quantitative estimate of drug-likeness (QED) is 0.209. The van der Waals surface area contributed by atoms with Crippen molar-refractivity contribution in [3.63, 3.8) is 0 Å². The summed E-state index contributed by atoms with van der Waals surface area (Å²) in [5, 5.41) is -4.90. The van der Waals surface area contributed by atoms with Crippen LogP contribution in [0, 0.1) is 5.41 Å². The maximum atomic E-state index is 13.7. The van der Waals surface area contributed by atoms with Gasteiger partial charge in [0.05, 0.1) is 30.7 Å². The predicted octanol–water partition coefficient (Wildman–Crippen LogP) is 6.62. The van der Waals surface area contributed by atoms with Crippen molar-refractivity contribution in [3.8, 4) is 5.75 Å². The maximum Gasteiger partial charge on any atom is 0.400 e. The van der Waals surface area contributed by atoms with Gasteiger partial charge in [0.15, 0.2) is 26.6 Å². The molecule has 0 spiro atoms. The summed E-state index contributed by atoms with van der Waals surface area (Å²) in [6, 6.07) is 25.0. The van der Waals surface area contributed by atoms with E-state index in [0.29, 0.717) is 19.0 Å². The smallest absolute Gasteiger partial charge is 0.400 e. The fourth-order valence-corrected chi connectivity index (χ4v) is 6.56. The van der Waals surface area contributed by atoms with Crippen molar-refractivity contribution in [2.75, 3.05) is 19.8 Å². The molecule has 1 N–H and O–H groups in total. The van der Waals surface area contributed by atoms with Gasteiger partial charge in [0.1, 0.15) is 5.75 Å². The van der Waals surface area contributed by atoms with Crippen LogP contribution in [0.5, 0.6) is 5.75 Å². The first kappa shape index (κ1) is 30.4. The Morgan fingerprint density at radius 2 is 1.40 bits per heavy atom. The van der Waals surface area contributed by atoms with Gasteiger partial charge in [0, 0.05) is 17.4 Å². The molecule has 2 atom stereocenters. The van der Waals surface area contributed by atoms with Gasteiger partial charge >= 0.3 is 15.4 Å². The van der Waals surface area contributed by atoms with Crippen molar-refractivity contribution in [3.05, 3.63) is 84.4 Å². The number of rotatable bonds is 10. The summed E-state index contributed by atoms with van der Waals surface area (Å²) in [6.45, 7) is 6.78. The van der Waals surface area contributed by atoms with Crippen LogP contribution in [0.25, 0.3) is 0 Å². The van der Waals surface area contributed by atoms with E-state index >= 15 is 0 Å². The lowest BCUT2D eigenvalue weighted by molar-refractivity contribution is -0.298. The van der Waals surface area contributed by atoms with Crippen LogP contribution < -0.4 is 4.74 Å². The van der Waals surface area contributed by atoms with E-state index < -0.39 is 51.3 Å². The van der Waals surface area contributed by atoms with Crippen LogP contribution in [0.2, 0.25) is 0 Å². The van der Waals surface area contributed by atoms with E-state index in [1.165, 1.54) is 0 Å². The molecule has 1 heterocycles. The Kier molecular flexibility index (Phi) is 8.91. The third kappa shape index (κ3) is 6.83. The SMILES string of the molecule is CC1(C)COC(C)(c2ccc([S+](c3ccccc3)c3ccc(OCCC(F)C(F)(F)S(=O)(=O)O)cc3)cc2)OC1. The highest BCUT2D eigenvalue weighted by Gasteiger charge is 2.52.